The Morgan fingerprint density at radius 2 is 1.42 bits per heavy atom. The second-order valence-electron chi connectivity index (χ2n) is 9.61. The molecule has 1 aliphatic heterocycles. The lowest BCUT2D eigenvalue weighted by molar-refractivity contribution is -0.146. The van der Waals surface area contributed by atoms with Gasteiger partial charge in [0, 0.05) is 6.92 Å². The number of carbonyl (C=O) groups is 1. The Morgan fingerprint density at radius 3 is 1.89 bits per heavy atom. The molecule has 0 bridgehead atoms. The van der Waals surface area contributed by atoms with E-state index in [0.29, 0.717) is 37.7 Å². The fourth-order valence-electron chi connectivity index (χ4n) is 5.59. The van der Waals surface area contributed by atoms with Crippen molar-refractivity contribution in [2.24, 2.45) is 0 Å². The minimum Gasteiger partial charge on any atom is -0.481 e. The molecule has 1 fully saturated rings. The van der Waals surface area contributed by atoms with Gasteiger partial charge in [0.1, 0.15) is 0 Å². The third-order valence-electron chi connectivity index (χ3n) is 7.67. The molecule has 4 aromatic rings. The number of aliphatic carboxylic acids is 1. The number of hydrogen-bond acceptors (Lipinski definition) is 5. The van der Waals surface area contributed by atoms with Crippen LogP contribution in [0.3, 0.4) is 0 Å². The molecular formula is C30H31N3O3. The Kier molecular flexibility index (Phi) is 6.70. The van der Waals surface area contributed by atoms with Crippen LogP contribution in [0.1, 0.15) is 47.7 Å². The number of likely N-dealkylation sites (tertiary alicyclic amines) is 1. The highest BCUT2D eigenvalue weighted by molar-refractivity contribution is 5.81. The standard InChI is InChI=1S/C30H31N3O3/c1-23-31-32-27(36-23)30(25-13-7-3-8-14-25,26-15-9-4-10-16-26)19-22-33-20-17-29(18-21-33,28(34)35)24-11-5-2-6-12-24/h2-16H,17-22H2,1H3,(H,34,35). The number of hydrogen-bond donors (Lipinski definition) is 1. The predicted octanol–water partition coefficient (Wildman–Crippen LogP) is 5.22. The van der Waals surface area contributed by atoms with E-state index in [2.05, 4.69) is 39.4 Å². The van der Waals surface area contributed by atoms with Crippen LogP contribution in [-0.4, -0.2) is 45.8 Å². The van der Waals surface area contributed by atoms with Gasteiger partial charge in [-0.25, -0.2) is 0 Å². The first kappa shape index (κ1) is 23.9. The topological polar surface area (TPSA) is 79.5 Å². The van der Waals surface area contributed by atoms with E-state index >= 15 is 0 Å². The molecule has 6 heteroatoms. The summed E-state index contributed by atoms with van der Waals surface area (Å²) in [4.78, 5) is 14.8. The van der Waals surface area contributed by atoms with Gasteiger partial charge >= 0.3 is 5.97 Å². The lowest BCUT2D eigenvalue weighted by atomic mass is 9.70. The number of carboxylic acid groups (broad SMARTS) is 1. The SMILES string of the molecule is Cc1nnc(C(CCN2CCC(C(=O)O)(c3ccccc3)CC2)(c2ccccc2)c2ccccc2)o1. The largest absolute Gasteiger partial charge is 0.481 e. The quantitative estimate of drug-likeness (QED) is 0.372. The molecule has 6 nitrogen and oxygen atoms in total. The van der Waals surface area contributed by atoms with Crippen LogP contribution in [0, 0.1) is 6.92 Å². The molecule has 0 atom stereocenters. The Hall–Kier alpha value is -3.77. The van der Waals surface area contributed by atoms with Crippen molar-refractivity contribution < 1.29 is 14.3 Å². The van der Waals surface area contributed by atoms with Crippen LogP contribution in [0.2, 0.25) is 0 Å². The number of nitrogens with zero attached hydrogens (tertiary/aromatic N) is 3. The molecule has 1 aliphatic rings. The minimum atomic E-state index is -0.836. The molecule has 1 aromatic heterocycles. The zero-order valence-electron chi connectivity index (χ0n) is 20.5. The lowest BCUT2D eigenvalue weighted by Gasteiger charge is -2.41. The van der Waals surface area contributed by atoms with Crippen LogP contribution >= 0.6 is 0 Å². The number of rotatable bonds is 8. The highest BCUT2D eigenvalue weighted by Gasteiger charge is 2.45. The molecule has 2 heterocycles. The van der Waals surface area contributed by atoms with Crippen LogP contribution in [0.25, 0.3) is 0 Å². The fraction of sp³-hybridized carbons (Fsp3) is 0.300. The van der Waals surface area contributed by atoms with Crippen molar-refractivity contribution in [3.05, 3.63) is 119 Å². The monoisotopic (exact) mass is 481 g/mol. The summed E-state index contributed by atoms with van der Waals surface area (Å²) in [5, 5.41) is 18.9. The molecule has 0 unspecified atom stereocenters. The summed E-state index contributed by atoms with van der Waals surface area (Å²) >= 11 is 0. The number of benzene rings is 3. The summed E-state index contributed by atoms with van der Waals surface area (Å²) in [5.41, 5.74) is 1.64. The summed E-state index contributed by atoms with van der Waals surface area (Å²) in [6.45, 7) is 4.01. The van der Waals surface area contributed by atoms with Crippen LogP contribution in [-0.2, 0) is 15.6 Å². The Morgan fingerprint density at radius 1 is 0.889 bits per heavy atom. The molecular weight excluding hydrogens is 450 g/mol. The molecule has 3 aromatic carbocycles. The molecule has 0 radical (unpaired) electrons. The van der Waals surface area contributed by atoms with Gasteiger partial charge in [0.05, 0.1) is 10.8 Å². The van der Waals surface area contributed by atoms with Gasteiger partial charge in [-0.15, -0.1) is 10.2 Å². The van der Waals surface area contributed by atoms with Crippen LogP contribution in [0.15, 0.2) is 95.4 Å². The molecule has 36 heavy (non-hydrogen) atoms. The maximum atomic E-state index is 12.4. The highest BCUT2D eigenvalue weighted by atomic mass is 16.4. The number of aryl methyl sites for hydroxylation is 1. The Balaban J connectivity index is 1.45. The van der Waals surface area contributed by atoms with Crippen molar-refractivity contribution in [1.82, 2.24) is 15.1 Å². The second kappa shape index (κ2) is 10.1. The number of aromatic nitrogens is 2. The molecule has 0 aliphatic carbocycles. The van der Waals surface area contributed by atoms with Gasteiger partial charge in [-0.1, -0.05) is 91.0 Å². The average molecular weight is 482 g/mol. The van der Waals surface area contributed by atoms with Crippen LogP contribution < -0.4 is 0 Å². The van der Waals surface area contributed by atoms with E-state index in [-0.39, 0.29) is 0 Å². The maximum Gasteiger partial charge on any atom is 0.314 e. The Labute approximate surface area is 211 Å². The third kappa shape index (κ3) is 4.33. The van der Waals surface area contributed by atoms with Gasteiger partial charge < -0.3 is 14.4 Å². The average Bonchev–Trinajstić information content (AvgIpc) is 3.37. The smallest absolute Gasteiger partial charge is 0.314 e. The third-order valence-corrected chi connectivity index (χ3v) is 7.67. The van der Waals surface area contributed by atoms with Crippen LogP contribution in [0.5, 0.6) is 0 Å². The second-order valence-corrected chi connectivity index (χ2v) is 9.61. The van der Waals surface area contributed by atoms with E-state index < -0.39 is 16.8 Å². The molecule has 0 spiro atoms. The maximum absolute atomic E-state index is 12.4. The van der Waals surface area contributed by atoms with E-state index in [1.165, 1.54) is 0 Å². The summed E-state index contributed by atoms with van der Waals surface area (Å²) < 4.78 is 6.10. The van der Waals surface area contributed by atoms with Crippen molar-refractivity contribution in [2.75, 3.05) is 19.6 Å². The van der Waals surface area contributed by atoms with Gasteiger partial charge in [-0.3, -0.25) is 4.79 Å². The summed E-state index contributed by atoms with van der Waals surface area (Å²) in [5.74, 6) is 0.379. The van der Waals surface area contributed by atoms with Gasteiger partial charge in [-0.05, 0) is 55.6 Å². The normalized spacial score (nSPS) is 16.0. The molecule has 0 saturated carbocycles. The van der Waals surface area contributed by atoms with Crippen LogP contribution in [0.4, 0.5) is 0 Å². The van der Waals surface area contributed by atoms with Gasteiger partial charge in [0.25, 0.3) is 0 Å². The first-order chi connectivity index (χ1) is 17.5. The molecule has 1 saturated heterocycles. The first-order valence-electron chi connectivity index (χ1n) is 12.5. The highest BCUT2D eigenvalue weighted by Crippen LogP contribution is 2.42. The minimum absolute atomic E-state index is 0.535. The van der Waals surface area contributed by atoms with E-state index in [4.69, 9.17) is 4.42 Å². The van der Waals surface area contributed by atoms with Crippen molar-refractivity contribution in [2.45, 2.75) is 37.0 Å². The van der Waals surface area contributed by atoms with Crippen molar-refractivity contribution >= 4 is 5.97 Å². The van der Waals surface area contributed by atoms with E-state index in [1.807, 2.05) is 73.7 Å². The number of carboxylic acids is 1. The van der Waals surface area contributed by atoms with Gasteiger partial charge in [0.15, 0.2) is 0 Å². The zero-order chi connectivity index (χ0) is 25.0. The number of piperidine rings is 1. The van der Waals surface area contributed by atoms with E-state index in [9.17, 15) is 9.90 Å². The van der Waals surface area contributed by atoms with Gasteiger partial charge in [0.2, 0.25) is 11.8 Å². The molecule has 0 amide bonds. The molecule has 1 N–H and O–H groups in total. The Bertz CT molecular complexity index is 1240. The fourth-order valence-corrected chi connectivity index (χ4v) is 5.59. The summed E-state index contributed by atoms with van der Waals surface area (Å²) in [6, 6.07) is 30.3. The first-order valence-corrected chi connectivity index (χ1v) is 12.5. The summed E-state index contributed by atoms with van der Waals surface area (Å²) in [6.07, 6.45) is 1.89. The summed E-state index contributed by atoms with van der Waals surface area (Å²) in [7, 11) is 0. The van der Waals surface area contributed by atoms with Crippen molar-refractivity contribution in [1.29, 1.82) is 0 Å². The lowest BCUT2D eigenvalue weighted by Crippen LogP contribution is -2.48. The zero-order valence-corrected chi connectivity index (χ0v) is 20.5. The van der Waals surface area contributed by atoms with E-state index in [0.717, 1.165) is 29.7 Å². The van der Waals surface area contributed by atoms with Crippen molar-refractivity contribution in [3.8, 4) is 0 Å². The molecule has 5 rings (SSSR count). The predicted molar refractivity (Wildman–Crippen MR) is 138 cm³/mol. The molecule has 184 valence electrons. The van der Waals surface area contributed by atoms with Crippen molar-refractivity contribution in [3.63, 3.8) is 0 Å². The van der Waals surface area contributed by atoms with Gasteiger partial charge in [-0.2, -0.15) is 0 Å². The van der Waals surface area contributed by atoms with E-state index in [1.54, 1.807) is 0 Å².